The van der Waals surface area contributed by atoms with Crippen LogP contribution in [0.15, 0.2) is 49.4 Å². The van der Waals surface area contributed by atoms with Gasteiger partial charge in [-0.25, -0.2) is 14.1 Å². The highest BCUT2D eigenvalue weighted by Gasteiger charge is 2.35. The number of fused-ring (bicyclic) bond motifs is 1. The van der Waals surface area contributed by atoms with Crippen LogP contribution >= 0.6 is 0 Å². The Balaban J connectivity index is 1.20. The standard InChI is InChI=1S/C30H33F3N8O3/c1-4-26(42)39-8-7-19(13-39)12-38-14-22(15-38)41-18(2)27(36-37-41)20-9-23-28(40(17-35-23)29(32)33)24(10-20)44-16-30(3,43)25-6-5-21(31)11-34-25/h4-6,9-11,17,19,22,29,43H,1,7-8,12-16H2,2-3H3. The second kappa shape index (κ2) is 11.7. The fourth-order valence-electron chi connectivity index (χ4n) is 5.99. The van der Waals surface area contributed by atoms with Crippen molar-refractivity contribution in [3.05, 3.63) is 66.6 Å². The number of aliphatic hydroxyl groups is 1. The number of likely N-dealkylation sites (tertiary alicyclic amines) is 2. The number of amides is 1. The van der Waals surface area contributed by atoms with E-state index in [-0.39, 0.29) is 41.0 Å². The minimum atomic E-state index is -2.87. The molecular weight excluding hydrogens is 577 g/mol. The predicted octanol–water partition coefficient (Wildman–Crippen LogP) is 3.71. The zero-order chi connectivity index (χ0) is 31.2. The number of aromatic nitrogens is 6. The van der Waals surface area contributed by atoms with Gasteiger partial charge in [0.25, 0.3) is 0 Å². The van der Waals surface area contributed by atoms with Crippen LogP contribution in [0, 0.1) is 18.7 Å². The van der Waals surface area contributed by atoms with Gasteiger partial charge in [-0.05, 0) is 56.5 Å². The van der Waals surface area contributed by atoms with Crippen LogP contribution in [-0.4, -0.2) is 89.7 Å². The number of hydrogen-bond donors (Lipinski definition) is 1. The Morgan fingerprint density at radius 1 is 1.25 bits per heavy atom. The average Bonchev–Trinajstić information content (AvgIpc) is 3.72. The second-order valence-corrected chi connectivity index (χ2v) is 11.7. The van der Waals surface area contributed by atoms with E-state index >= 15 is 0 Å². The highest BCUT2D eigenvalue weighted by Crippen LogP contribution is 2.36. The predicted molar refractivity (Wildman–Crippen MR) is 154 cm³/mol. The molecule has 3 aromatic heterocycles. The summed E-state index contributed by atoms with van der Waals surface area (Å²) in [5.41, 5.74) is 0.788. The topological polar surface area (TPSA) is 114 Å². The molecule has 0 spiro atoms. The van der Waals surface area contributed by atoms with E-state index in [0.717, 1.165) is 57.4 Å². The third kappa shape index (κ3) is 5.66. The number of halogens is 3. The van der Waals surface area contributed by atoms with E-state index in [1.54, 1.807) is 12.1 Å². The minimum Gasteiger partial charge on any atom is -0.488 e. The van der Waals surface area contributed by atoms with Gasteiger partial charge in [0.05, 0.1) is 29.1 Å². The molecule has 44 heavy (non-hydrogen) atoms. The van der Waals surface area contributed by atoms with Crippen molar-refractivity contribution in [1.82, 2.24) is 39.3 Å². The zero-order valence-electron chi connectivity index (χ0n) is 24.4. The first kappa shape index (κ1) is 29.8. The second-order valence-electron chi connectivity index (χ2n) is 11.7. The monoisotopic (exact) mass is 610 g/mol. The lowest BCUT2D eigenvalue weighted by Gasteiger charge is -2.40. The van der Waals surface area contributed by atoms with Crippen molar-refractivity contribution < 1.29 is 27.8 Å². The normalized spacial score (nSPS) is 19.0. The Morgan fingerprint density at radius 2 is 2.05 bits per heavy atom. The third-order valence-electron chi connectivity index (χ3n) is 8.41. The quantitative estimate of drug-likeness (QED) is 0.271. The Morgan fingerprint density at radius 3 is 2.75 bits per heavy atom. The lowest BCUT2D eigenvalue weighted by molar-refractivity contribution is -0.125. The fraction of sp³-hybridized carbons (Fsp3) is 0.433. The van der Waals surface area contributed by atoms with Crippen LogP contribution in [0.1, 0.15) is 37.3 Å². The molecule has 1 amide bonds. The van der Waals surface area contributed by atoms with Gasteiger partial charge in [-0.3, -0.25) is 19.2 Å². The summed E-state index contributed by atoms with van der Waals surface area (Å²) >= 11 is 0. The summed E-state index contributed by atoms with van der Waals surface area (Å²) in [6.07, 6.45) is 4.35. The Bertz CT molecular complexity index is 1680. The Kier molecular flexibility index (Phi) is 7.88. The van der Waals surface area contributed by atoms with E-state index in [1.165, 1.54) is 25.1 Å². The molecule has 1 aromatic carbocycles. The summed E-state index contributed by atoms with van der Waals surface area (Å²) < 4.78 is 49.6. The minimum absolute atomic E-state index is 0.0252. The van der Waals surface area contributed by atoms with Gasteiger partial charge < -0.3 is 14.7 Å². The highest BCUT2D eigenvalue weighted by atomic mass is 19.3. The molecule has 2 aliphatic heterocycles. The molecule has 232 valence electrons. The van der Waals surface area contributed by atoms with Crippen LogP contribution < -0.4 is 4.74 Å². The molecule has 2 fully saturated rings. The van der Waals surface area contributed by atoms with Gasteiger partial charge in [-0.15, -0.1) is 5.10 Å². The maximum absolute atomic E-state index is 13.9. The number of carbonyl (C=O) groups excluding carboxylic acids is 1. The Hall–Kier alpha value is -4.30. The molecule has 6 rings (SSSR count). The van der Waals surface area contributed by atoms with Crippen LogP contribution in [0.25, 0.3) is 22.3 Å². The molecule has 0 radical (unpaired) electrons. The first-order chi connectivity index (χ1) is 21.0. The van der Waals surface area contributed by atoms with Crippen molar-refractivity contribution in [2.75, 3.05) is 39.3 Å². The smallest absolute Gasteiger partial charge is 0.320 e. The van der Waals surface area contributed by atoms with Gasteiger partial charge >= 0.3 is 6.55 Å². The van der Waals surface area contributed by atoms with Crippen molar-refractivity contribution in [2.24, 2.45) is 5.92 Å². The first-order valence-corrected chi connectivity index (χ1v) is 14.4. The van der Waals surface area contributed by atoms with Crippen molar-refractivity contribution in [3.63, 3.8) is 0 Å². The van der Waals surface area contributed by atoms with Gasteiger partial charge in [-0.1, -0.05) is 11.8 Å². The molecule has 2 unspecified atom stereocenters. The largest absolute Gasteiger partial charge is 0.488 e. The number of imidazole rings is 1. The van der Waals surface area contributed by atoms with E-state index in [0.29, 0.717) is 21.7 Å². The number of carbonyl (C=O) groups is 1. The molecule has 0 saturated carbocycles. The van der Waals surface area contributed by atoms with Crippen molar-refractivity contribution >= 4 is 16.9 Å². The third-order valence-corrected chi connectivity index (χ3v) is 8.41. The fourth-order valence-corrected chi connectivity index (χ4v) is 5.99. The van der Waals surface area contributed by atoms with Crippen molar-refractivity contribution in [1.29, 1.82) is 0 Å². The number of ether oxygens (including phenoxy) is 1. The van der Waals surface area contributed by atoms with E-state index in [2.05, 4.69) is 31.8 Å². The van der Waals surface area contributed by atoms with Crippen LogP contribution in [0.5, 0.6) is 5.75 Å². The molecule has 1 N–H and O–H groups in total. The number of alkyl halides is 2. The molecule has 0 bridgehead atoms. The highest BCUT2D eigenvalue weighted by molar-refractivity contribution is 5.88. The summed E-state index contributed by atoms with van der Waals surface area (Å²) in [5.74, 6) is -0.0874. The van der Waals surface area contributed by atoms with Gasteiger partial charge in [0, 0.05) is 38.3 Å². The molecule has 0 aliphatic carbocycles. The van der Waals surface area contributed by atoms with E-state index in [4.69, 9.17) is 4.74 Å². The summed E-state index contributed by atoms with van der Waals surface area (Å²) in [6.45, 7) is 7.70. The molecule has 4 aromatic rings. The van der Waals surface area contributed by atoms with E-state index in [9.17, 15) is 23.1 Å². The first-order valence-electron chi connectivity index (χ1n) is 14.4. The molecular formula is C30H33F3N8O3. The average molecular weight is 611 g/mol. The van der Waals surface area contributed by atoms with Crippen LogP contribution in [0.4, 0.5) is 13.2 Å². The van der Waals surface area contributed by atoms with Crippen molar-refractivity contribution in [2.45, 2.75) is 38.5 Å². The maximum Gasteiger partial charge on any atom is 0.320 e. The number of pyridine rings is 1. The molecule has 14 heteroatoms. The van der Waals surface area contributed by atoms with Gasteiger partial charge in [0.15, 0.2) is 0 Å². The summed E-state index contributed by atoms with van der Waals surface area (Å²) in [7, 11) is 0. The van der Waals surface area contributed by atoms with Gasteiger partial charge in [0.1, 0.15) is 41.3 Å². The lowest BCUT2D eigenvalue weighted by atomic mass is 10.0. The van der Waals surface area contributed by atoms with Crippen LogP contribution in [0.2, 0.25) is 0 Å². The lowest BCUT2D eigenvalue weighted by Crippen LogP contribution is -2.50. The molecule has 5 heterocycles. The molecule has 2 atom stereocenters. The number of hydrogen-bond acceptors (Lipinski definition) is 8. The maximum atomic E-state index is 13.9. The molecule has 2 aliphatic rings. The van der Waals surface area contributed by atoms with Crippen LogP contribution in [0.3, 0.4) is 0 Å². The molecule has 2 saturated heterocycles. The molecule has 11 nitrogen and oxygen atoms in total. The Labute approximate surface area is 251 Å². The van der Waals surface area contributed by atoms with E-state index in [1.807, 2.05) is 16.5 Å². The van der Waals surface area contributed by atoms with Crippen LogP contribution in [-0.2, 0) is 10.4 Å². The number of rotatable bonds is 10. The summed E-state index contributed by atoms with van der Waals surface area (Å²) in [5, 5.41) is 19.8. The summed E-state index contributed by atoms with van der Waals surface area (Å²) in [6, 6.07) is 5.88. The summed E-state index contributed by atoms with van der Waals surface area (Å²) in [4.78, 5) is 24.2. The van der Waals surface area contributed by atoms with E-state index < -0.39 is 18.0 Å². The van der Waals surface area contributed by atoms with Gasteiger partial charge in [-0.2, -0.15) is 8.78 Å². The van der Waals surface area contributed by atoms with Crippen molar-refractivity contribution in [3.8, 4) is 17.0 Å². The number of benzene rings is 1. The zero-order valence-corrected chi connectivity index (χ0v) is 24.4. The SMILES string of the molecule is C=CC(=O)N1CCC(CN2CC(n3nnc(-c4cc(OCC(C)(O)c5ccc(F)cn5)c5c(c4)ncn5C(F)F)c3C)C2)C1. The van der Waals surface area contributed by atoms with Gasteiger partial charge in [0.2, 0.25) is 5.91 Å². The number of nitrogens with zero attached hydrogens (tertiary/aromatic N) is 8.